The Morgan fingerprint density at radius 2 is 2.21 bits per heavy atom. The predicted molar refractivity (Wildman–Crippen MR) is 103 cm³/mol. The van der Waals surface area contributed by atoms with Crippen molar-refractivity contribution in [2.24, 2.45) is 0 Å². The Balaban J connectivity index is 1.76. The van der Waals surface area contributed by atoms with Crippen molar-refractivity contribution in [2.75, 3.05) is 6.54 Å². The van der Waals surface area contributed by atoms with Crippen LogP contribution in [0.1, 0.15) is 65.7 Å². The minimum absolute atomic E-state index is 0.0712. The number of hydrogen-bond acceptors (Lipinski definition) is 7. The molecule has 0 unspecified atom stereocenters. The van der Waals surface area contributed by atoms with E-state index in [-0.39, 0.29) is 18.2 Å². The highest BCUT2D eigenvalue weighted by molar-refractivity contribution is 5.69. The van der Waals surface area contributed by atoms with E-state index in [1.54, 1.807) is 23.2 Å². The van der Waals surface area contributed by atoms with Crippen molar-refractivity contribution in [2.45, 2.75) is 71.6 Å². The van der Waals surface area contributed by atoms with Gasteiger partial charge in [0, 0.05) is 24.4 Å². The fourth-order valence-electron chi connectivity index (χ4n) is 2.96. The summed E-state index contributed by atoms with van der Waals surface area (Å²) in [6, 6.07) is 3.33. The van der Waals surface area contributed by atoms with Crippen molar-refractivity contribution in [1.29, 1.82) is 0 Å². The largest absolute Gasteiger partial charge is 0.475 e. The number of carbonyl (C=O) groups is 1. The van der Waals surface area contributed by atoms with Crippen LogP contribution in [0.3, 0.4) is 0 Å². The molecule has 2 aromatic rings. The lowest BCUT2D eigenvalue weighted by atomic mass is 10.2. The second kappa shape index (κ2) is 8.16. The first kappa shape index (κ1) is 20.1. The second-order valence-electron chi connectivity index (χ2n) is 8.01. The van der Waals surface area contributed by atoms with Crippen LogP contribution in [-0.4, -0.2) is 44.4 Å². The standard InChI is InChI=1S/C20H28N4O4/c1-6-13(2)26-16-12-14(9-10-21-16)18-22-17(23-28-18)15-8-7-11-24(15)19(25)27-20(3,4)5/h9-10,12-13,15H,6-8,11H2,1-5H3/t13-,15-/m0/s1. The number of aromatic nitrogens is 3. The molecule has 1 fully saturated rings. The summed E-state index contributed by atoms with van der Waals surface area (Å²) in [5, 5.41) is 4.11. The summed E-state index contributed by atoms with van der Waals surface area (Å²) in [6.45, 7) is 10.2. The number of amides is 1. The monoisotopic (exact) mass is 388 g/mol. The average Bonchev–Trinajstić information content (AvgIpc) is 3.29. The molecule has 0 radical (unpaired) electrons. The van der Waals surface area contributed by atoms with Gasteiger partial charge in [0.25, 0.3) is 5.89 Å². The summed E-state index contributed by atoms with van der Waals surface area (Å²) in [6.07, 6.45) is 3.90. The number of ether oxygens (including phenoxy) is 2. The van der Waals surface area contributed by atoms with E-state index in [9.17, 15) is 4.79 Å². The number of rotatable bonds is 5. The molecule has 0 N–H and O–H groups in total. The molecule has 0 aliphatic carbocycles. The summed E-state index contributed by atoms with van der Waals surface area (Å²) in [7, 11) is 0. The highest BCUT2D eigenvalue weighted by atomic mass is 16.6. The normalized spacial score (nSPS) is 18.2. The molecule has 0 saturated carbocycles. The summed E-state index contributed by atoms with van der Waals surface area (Å²) >= 11 is 0. The van der Waals surface area contributed by atoms with E-state index in [1.807, 2.05) is 27.7 Å². The van der Waals surface area contributed by atoms with Crippen LogP contribution in [0.15, 0.2) is 22.9 Å². The number of nitrogens with zero attached hydrogens (tertiary/aromatic N) is 4. The van der Waals surface area contributed by atoms with Crippen LogP contribution in [0.5, 0.6) is 5.88 Å². The van der Waals surface area contributed by atoms with Gasteiger partial charge in [0.05, 0.1) is 12.1 Å². The van der Waals surface area contributed by atoms with E-state index < -0.39 is 5.60 Å². The van der Waals surface area contributed by atoms with Crippen LogP contribution in [0.4, 0.5) is 4.79 Å². The van der Waals surface area contributed by atoms with Crippen LogP contribution in [-0.2, 0) is 4.74 Å². The van der Waals surface area contributed by atoms with Gasteiger partial charge in [-0.25, -0.2) is 9.78 Å². The molecule has 0 bridgehead atoms. The van der Waals surface area contributed by atoms with Gasteiger partial charge in [-0.2, -0.15) is 4.98 Å². The highest BCUT2D eigenvalue weighted by Gasteiger charge is 2.36. The van der Waals surface area contributed by atoms with Gasteiger partial charge in [-0.1, -0.05) is 12.1 Å². The Bertz CT molecular complexity index is 815. The molecule has 8 heteroatoms. The molecule has 1 amide bonds. The number of likely N-dealkylation sites (tertiary alicyclic amines) is 1. The smallest absolute Gasteiger partial charge is 0.410 e. The minimum Gasteiger partial charge on any atom is -0.475 e. The summed E-state index contributed by atoms with van der Waals surface area (Å²) in [5.74, 6) is 1.38. The zero-order chi connectivity index (χ0) is 20.3. The van der Waals surface area contributed by atoms with Gasteiger partial charge in [-0.3, -0.25) is 4.90 Å². The molecule has 28 heavy (non-hydrogen) atoms. The molecule has 2 aromatic heterocycles. The third-order valence-corrected chi connectivity index (χ3v) is 4.50. The quantitative estimate of drug-likeness (QED) is 0.750. The molecule has 2 atom stereocenters. The lowest BCUT2D eigenvalue weighted by Gasteiger charge is -2.27. The Hall–Kier alpha value is -2.64. The zero-order valence-electron chi connectivity index (χ0n) is 17.1. The van der Waals surface area contributed by atoms with Crippen LogP contribution < -0.4 is 4.74 Å². The Morgan fingerprint density at radius 3 is 2.93 bits per heavy atom. The SMILES string of the molecule is CC[C@H](C)Oc1cc(-c2nc([C@@H]3CCCN3C(=O)OC(C)(C)C)no2)ccn1. The van der Waals surface area contributed by atoms with Crippen molar-refractivity contribution >= 4 is 6.09 Å². The van der Waals surface area contributed by atoms with Gasteiger partial charge >= 0.3 is 6.09 Å². The first-order chi connectivity index (χ1) is 13.3. The van der Waals surface area contributed by atoms with Crippen LogP contribution in [0, 0.1) is 0 Å². The third kappa shape index (κ3) is 4.79. The van der Waals surface area contributed by atoms with Crippen LogP contribution in [0.25, 0.3) is 11.5 Å². The van der Waals surface area contributed by atoms with E-state index in [4.69, 9.17) is 14.0 Å². The van der Waals surface area contributed by atoms with Gasteiger partial charge in [0.1, 0.15) is 5.60 Å². The van der Waals surface area contributed by atoms with Crippen molar-refractivity contribution in [3.63, 3.8) is 0 Å². The molecule has 1 aliphatic rings. The summed E-state index contributed by atoms with van der Waals surface area (Å²) < 4.78 is 16.7. The second-order valence-corrected chi connectivity index (χ2v) is 8.01. The molecule has 0 spiro atoms. The van der Waals surface area contributed by atoms with Crippen molar-refractivity contribution in [1.82, 2.24) is 20.0 Å². The maximum absolute atomic E-state index is 12.5. The van der Waals surface area contributed by atoms with Gasteiger partial charge in [0.2, 0.25) is 5.88 Å². The molecule has 3 heterocycles. The third-order valence-electron chi connectivity index (χ3n) is 4.50. The van der Waals surface area contributed by atoms with Crippen LogP contribution in [0.2, 0.25) is 0 Å². The first-order valence-electron chi connectivity index (χ1n) is 9.73. The summed E-state index contributed by atoms with van der Waals surface area (Å²) in [4.78, 5) is 22.9. The zero-order valence-corrected chi connectivity index (χ0v) is 17.1. The first-order valence-corrected chi connectivity index (χ1v) is 9.73. The van der Waals surface area contributed by atoms with E-state index >= 15 is 0 Å². The van der Waals surface area contributed by atoms with E-state index in [0.717, 1.165) is 24.8 Å². The van der Waals surface area contributed by atoms with Crippen LogP contribution >= 0.6 is 0 Å². The van der Waals surface area contributed by atoms with Crippen molar-refractivity contribution in [3.8, 4) is 17.3 Å². The van der Waals surface area contributed by atoms with Gasteiger partial charge in [0.15, 0.2) is 5.82 Å². The van der Waals surface area contributed by atoms with E-state index in [2.05, 4.69) is 22.0 Å². The van der Waals surface area contributed by atoms with Gasteiger partial charge < -0.3 is 14.0 Å². The van der Waals surface area contributed by atoms with Gasteiger partial charge in [-0.05, 0) is 53.0 Å². The Morgan fingerprint density at radius 1 is 1.43 bits per heavy atom. The minimum atomic E-state index is -0.546. The molecular formula is C20H28N4O4. The Kier molecular flexibility index (Phi) is 5.86. The number of pyridine rings is 1. The fraction of sp³-hybridized carbons (Fsp3) is 0.600. The average molecular weight is 388 g/mol. The summed E-state index contributed by atoms with van der Waals surface area (Å²) in [5.41, 5.74) is 0.185. The topological polar surface area (TPSA) is 90.6 Å². The molecule has 0 aromatic carbocycles. The molecule has 3 rings (SSSR count). The molecule has 1 saturated heterocycles. The highest BCUT2D eigenvalue weighted by Crippen LogP contribution is 2.33. The number of carbonyl (C=O) groups excluding carboxylic acids is 1. The lowest BCUT2D eigenvalue weighted by molar-refractivity contribution is 0.0217. The molecule has 8 nitrogen and oxygen atoms in total. The Labute approximate surface area is 165 Å². The van der Waals surface area contributed by atoms with Crippen molar-refractivity contribution < 1.29 is 18.8 Å². The fourth-order valence-corrected chi connectivity index (χ4v) is 2.96. The molecule has 152 valence electrons. The predicted octanol–water partition coefficient (Wildman–Crippen LogP) is 4.38. The van der Waals surface area contributed by atoms with E-state index in [0.29, 0.717) is 24.1 Å². The maximum atomic E-state index is 12.5. The van der Waals surface area contributed by atoms with E-state index in [1.165, 1.54) is 0 Å². The molecular weight excluding hydrogens is 360 g/mol. The van der Waals surface area contributed by atoms with Crippen molar-refractivity contribution in [3.05, 3.63) is 24.2 Å². The number of hydrogen-bond donors (Lipinski definition) is 0. The molecule has 1 aliphatic heterocycles. The lowest BCUT2D eigenvalue weighted by Crippen LogP contribution is -2.36. The van der Waals surface area contributed by atoms with Gasteiger partial charge in [-0.15, -0.1) is 0 Å². The maximum Gasteiger partial charge on any atom is 0.410 e.